The molecule has 1 heterocycles. The largest absolute Gasteiger partial charge is 0.380 e. The fraction of sp³-hybridized carbons (Fsp3) is 0.300. The number of hydrogen-bond donors (Lipinski definition) is 3. The number of carbonyl (C=O) groups excluding carboxylic acids is 3. The van der Waals surface area contributed by atoms with Gasteiger partial charge in [-0.3, -0.25) is 14.4 Å². The minimum Gasteiger partial charge on any atom is -0.380 e. The lowest BCUT2D eigenvalue weighted by atomic mass is 9.98. The van der Waals surface area contributed by atoms with E-state index in [1.54, 1.807) is 20.2 Å². The molecule has 1 aliphatic heterocycles. The summed E-state index contributed by atoms with van der Waals surface area (Å²) in [7, 11) is 3.41. The molecule has 0 radical (unpaired) electrons. The lowest BCUT2D eigenvalue weighted by Gasteiger charge is -2.28. The summed E-state index contributed by atoms with van der Waals surface area (Å²) < 4.78 is 0. The number of aliphatic hydroxyl groups excluding tert-OH is 2. The first kappa shape index (κ1) is 27.0. The second kappa shape index (κ2) is 12.0. The third kappa shape index (κ3) is 5.93. The van der Waals surface area contributed by atoms with Gasteiger partial charge in [-0.15, -0.1) is 0 Å². The molecule has 1 saturated heterocycles. The van der Waals surface area contributed by atoms with Crippen LogP contribution in [-0.2, 0) is 16.1 Å². The molecule has 8 heteroatoms. The van der Waals surface area contributed by atoms with E-state index in [9.17, 15) is 24.6 Å². The van der Waals surface area contributed by atoms with Crippen LogP contribution in [0.5, 0.6) is 0 Å². The first-order valence-electron chi connectivity index (χ1n) is 12.7. The van der Waals surface area contributed by atoms with E-state index in [1.165, 1.54) is 9.80 Å². The molecule has 3 aromatic rings. The molecular weight excluding hydrogens is 482 g/mol. The highest BCUT2D eigenvalue weighted by Crippen LogP contribution is 2.32. The molecule has 0 saturated carbocycles. The van der Waals surface area contributed by atoms with E-state index >= 15 is 0 Å². The lowest BCUT2D eigenvalue weighted by Crippen LogP contribution is -2.50. The van der Waals surface area contributed by atoms with E-state index in [2.05, 4.69) is 5.32 Å². The summed E-state index contributed by atoms with van der Waals surface area (Å²) in [6.45, 7) is 0.561. The average Bonchev–Trinajstić information content (AvgIpc) is 3.45. The van der Waals surface area contributed by atoms with Gasteiger partial charge in [0.25, 0.3) is 17.7 Å². The van der Waals surface area contributed by atoms with Crippen molar-refractivity contribution in [1.29, 1.82) is 0 Å². The van der Waals surface area contributed by atoms with Gasteiger partial charge in [0, 0.05) is 32.7 Å². The van der Waals surface area contributed by atoms with Crippen molar-refractivity contribution in [3.05, 3.63) is 95.6 Å². The molecule has 1 fully saturated rings. The molecular formula is C30H33N3O5. The van der Waals surface area contributed by atoms with Gasteiger partial charge in [0.05, 0.1) is 6.04 Å². The molecule has 0 bridgehead atoms. The van der Waals surface area contributed by atoms with E-state index in [1.807, 2.05) is 72.8 Å². The first-order chi connectivity index (χ1) is 18.3. The molecule has 38 heavy (non-hydrogen) atoms. The zero-order chi connectivity index (χ0) is 27.2. The molecule has 3 aromatic carbocycles. The van der Waals surface area contributed by atoms with E-state index in [4.69, 9.17) is 0 Å². The van der Waals surface area contributed by atoms with E-state index < -0.39 is 24.0 Å². The Labute approximate surface area is 222 Å². The van der Waals surface area contributed by atoms with Crippen molar-refractivity contribution in [2.24, 2.45) is 0 Å². The van der Waals surface area contributed by atoms with Crippen LogP contribution in [0.1, 0.15) is 40.4 Å². The van der Waals surface area contributed by atoms with Crippen LogP contribution in [0.25, 0.3) is 11.1 Å². The molecule has 1 aliphatic rings. The Kier molecular flexibility index (Phi) is 8.55. The molecule has 3 N–H and O–H groups in total. The smallest absolute Gasteiger partial charge is 0.255 e. The number of benzene rings is 3. The Morgan fingerprint density at radius 1 is 0.921 bits per heavy atom. The van der Waals surface area contributed by atoms with Crippen LogP contribution < -0.4 is 5.32 Å². The molecule has 8 nitrogen and oxygen atoms in total. The minimum absolute atomic E-state index is 0.0944. The van der Waals surface area contributed by atoms with E-state index in [0.29, 0.717) is 12.1 Å². The summed E-state index contributed by atoms with van der Waals surface area (Å²) in [6, 6.07) is 24.0. The fourth-order valence-electron chi connectivity index (χ4n) is 4.76. The monoisotopic (exact) mass is 515 g/mol. The van der Waals surface area contributed by atoms with Crippen molar-refractivity contribution in [2.75, 3.05) is 20.6 Å². The third-order valence-corrected chi connectivity index (χ3v) is 6.84. The number of likely N-dealkylation sites (tertiary alicyclic amines) is 1. The lowest BCUT2D eigenvalue weighted by molar-refractivity contribution is -0.153. The number of aliphatic hydroxyl groups is 2. The molecule has 0 unspecified atom stereocenters. The highest BCUT2D eigenvalue weighted by molar-refractivity contribution is 6.00. The second-order valence-electron chi connectivity index (χ2n) is 9.65. The fourth-order valence-corrected chi connectivity index (χ4v) is 4.76. The summed E-state index contributed by atoms with van der Waals surface area (Å²) in [5.41, 5.74) is 3.96. The van der Waals surface area contributed by atoms with Crippen LogP contribution in [-0.4, -0.2) is 70.6 Å². The van der Waals surface area contributed by atoms with Crippen LogP contribution in [0, 0.1) is 0 Å². The normalized spacial score (nSPS) is 16.5. The quantitative estimate of drug-likeness (QED) is 0.427. The number of amides is 3. The molecule has 3 amide bonds. The number of carbonyl (C=O) groups is 3. The summed E-state index contributed by atoms with van der Waals surface area (Å²) in [5, 5.41) is 23.5. The van der Waals surface area contributed by atoms with Crippen LogP contribution >= 0.6 is 0 Å². The Morgan fingerprint density at radius 3 is 2.26 bits per heavy atom. The molecule has 3 atom stereocenters. The number of hydrogen-bond acceptors (Lipinski definition) is 5. The van der Waals surface area contributed by atoms with Crippen LogP contribution in [0.2, 0.25) is 0 Å². The second-order valence-corrected chi connectivity index (χ2v) is 9.65. The highest BCUT2D eigenvalue weighted by atomic mass is 16.3. The predicted molar refractivity (Wildman–Crippen MR) is 144 cm³/mol. The van der Waals surface area contributed by atoms with E-state index in [-0.39, 0.29) is 18.5 Å². The summed E-state index contributed by atoms with van der Waals surface area (Å²) in [6.07, 6.45) is -2.20. The summed E-state index contributed by atoms with van der Waals surface area (Å²) in [4.78, 5) is 41.1. The van der Waals surface area contributed by atoms with Gasteiger partial charge < -0.3 is 25.3 Å². The Balaban J connectivity index is 1.36. The van der Waals surface area contributed by atoms with Gasteiger partial charge in [-0.2, -0.15) is 0 Å². The third-order valence-electron chi connectivity index (χ3n) is 6.84. The van der Waals surface area contributed by atoms with Gasteiger partial charge in [0.15, 0.2) is 12.2 Å². The maximum atomic E-state index is 12.9. The van der Waals surface area contributed by atoms with Crippen LogP contribution in [0.15, 0.2) is 78.9 Å². The maximum Gasteiger partial charge on any atom is 0.255 e. The first-order valence-corrected chi connectivity index (χ1v) is 12.7. The summed E-state index contributed by atoms with van der Waals surface area (Å²) in [5.74, 6) is -1.58. The zero-order valence-electron chi connectivity index (χ0n) is 21.6. The van der Waals surface area contributed by atoms with Crippen LogP contribution in [0.3, 0.4) is 0 Å². The van der Waals surface area contributed by atoms with Crippen molar-refractivity contribution < 1.29 is 24.6 Å². The van der Waals surface area contributed by atoms with Gasteiger partial charge in [-0.1, -0.05) is 72.8 Å². The van der Waals surface area contributed by atoms with Crippen molar-refractivity contribution in [1.82, 2.24) is 15.1 Å². The Morgan fingerprint density at radius 2 is 1.58 bits per heavy atom. The molecule has 0 spiro atoms. The predicted octanol–water partition coefficient (Wildman–Crippen LogP) is 2.76. The van der Waals surface area contributed by atoms with Crippen LogP contribution in [0.4, 0.5) is 0 Å². The topological polar surface area (TPSA) is 110 Å². The van der Waals surface area contributed by atoms with Gasteiger partial charge >= 0.3 is 0 Å². The van der Waals surface area contributed by atoms with E-state index in [0.717, 1.165) is 35.1 Å². The SMILES string of the molecule is CN(C)C(=O)c1ccccc1-c1ccc(CNC(=O)[C@H](O)[C@@H](O)C(=O)N2CCC[C@@H]2c2ccccc2)cc1. The van der Waals surface area contributed by atoms with Crippen molar-refractivity contribution >= 4 is 17.7 Å². The number of rotatable bonds is 8. The van der Waals surface area contributed by atoms with Gasteiger partial charge in [0.2, 0.25) is 0 Å². The number of nitrogens with one attached hydrogen (secondary N) is 1. The number of nitrogens with zero attached hydrogens (tertiary/aromatic N) is 2. The van der Waals surface area contributed by atoms with Crippen molar-refractivity contribution in [3.8, 4) is 11.1 Å². The molecule has 0 aliphatic carbocycles. The Hall–Kier alpha value is -4.01. The zero-order valence-corrected chi connectivity index (χ0v) is 21.6. The van der Waals surface area contributed by atoms with Gasteiger partial charge in [-0.25, -0.2) is 0 Å². The molecule has 4 rings (SSSR count). The van der Waals surface area contributed by atoms with Crippen molar-refractivity contribution in [2.45, 2.75) is 37.6 Å². The molecule has 0 aromatic heterocycles. The molecule has 198 valence electrons. The maximum absolute atomic E-state index is 12.9. The van der Waals surface area contributed by atoms with Crippen molar-refractivity contribution in [3.63, 3.8) is 0 Å². The van der Waals surface area contributed by atoms with Gasteiger partial charge in [-0.05, 0) is 41.2 Å². The Bertz CT molecular complexity index is 1280. The minimum atomic E-state index is -1.89. The van der Waals surface area contributed by atoms with Gasteiger partial charge in [0.1, 0.15) is 0 Å². The highest BCUT2D eigenvalue weighted by Gasteiger charge is 2.38. The standard InChI is InChI=1S/C30H33N3O5/c1-32(2)29(37)24-12-7-6-11-23(24)21-16-14-20(15-17-21)19-31-28(36)26(34)27(35)30(38)33-18-8-13-25(33)22-9-4-3-5-10-22/h3-7,9-12,14-17,25-27,34-35H,8,13,18-19H2,1-2H3,(H,31,36)/t25-,26-,27-/m1/s1. The summed E-state index contributed by atoms with van der Waals surface area (Å²) >= 11 is 0. The average molecular weight is 516 g/mol.